The summed E-state index contributed by atoms with van der Waals surface area (Å²) in [6.07, 6.45) is 2.58. The predicted octanol–water partition coefficient (Wildman–Crippen LogP) is 4.25. The molecule has 1 saturated heterocycles. The van der Waals surface area contributed by atoms with Crippen LogP contribution in [0.25, 0.3) is 0 Å². The number of halogens is 1. The standard InChI is InChI=1S/C19H28ClN3O2S/c1-13(21)18(14(2)22)26-23-9-7-19(25-4,8-10-23)12-15-5-6-16(20)11-17(15)24-3/h5-6,11,21H,7-10,12,22H2,1-4H3. The number of nitrogens with one attached hydrogen (secondary N) is 1. The first-order valence-corrected chi connectivity index (χ1v) is 9.78. The molecule has 0 atom stereocenters. The topological polar surface area (TPSA) is 71.6 Å². The average molecular weight is 398 g/mol. The number of ether oxygens (including phenoxy) is 2. The Balaban J connectivity index is 2.07. The minimum atomic E-state index is -0.223. The number of allylic oxidation sites excluding steroid dienone is 2. The second-order valence-electron chi connectivity index (χ2n) is 6.68. The maximum Gasteiger partial charge on any atom is 0.123 e. The van der Waals surface area contributed by atoms with Crippen molar-refractivity contribution in [3.05, 3.63) is 39.4 Å². The van der Waals surface area contributed by atoms with E-state index >= 15 is 0 Å². The summed E-state index contributed by atoms with van der Waals surface area (Å²) in [7, 11) is 3.44. The highest BCUT2D eigenvalue weighted by Gasteiger charge is 2.36. The van der Waals surface area contributed by atoms with Gasteiger partial charge in [-0.3, -0.25) is 0 Å². The summed E-state index contributed by atoms with van der Waals surface area (Å²) in [5.41, 5.74) is 8.00. The number of nitrogens with two attached hydrogens (primary N) is 1. The van der Waals surface area contributed by atoms with Gasteiger partial charge >= 0.3 is 0 Å². The monoisotopic (exact) mass is 397 g/mol. The van der Waals surface area contributed by atoms with Crippen molar-refractivity contribution in [2.24, 2.45) is 5.73 Å². The van der Waals surface area contributed by atoms with Crippen LogP contribution >= 0.6 is 23.5 Å². The fraction of sp³-hybridized carbons (Fsp3) is 0.526. The van der Waals surface area contributed by atoms with E-state index in [0.717, 1.165) is 48.6 Å². The van der Waals surface area contributed by atoms with E-state index in [0.29, 0.717) is 16.4 Å². The van der Waals surface area contributed by atoms with Gasteiger partial charge < -0.3 is 20.6 Å². The van der Waals surface area contributed by atoms with Crippen molar-refractivity contribution in [1.29, 1.82) is 5.41 Å². The van der Waals surface area contributed by atoms with Gasteiger partial charge in [0, 0.05) is 43.1 Å². The van der Waals surface area contributed by atoms with Gasteiger partial charge in [-0.2, -0.15) is 0 Å². The fourth-order valence-corrected chi connectivity index (χ4v) is 4.28. The van der Waals surface area contributed by atoms with Gasteiger partial charge in [0.1, 0.15) is 5.75 Å². The van der Waals surface area contributed by atoms with E-state index in [1.165, 1.54) is 0 Å². The largest absolute Gasteiger partial charge is 0.496 e. The zero-order valence-electron chi connectivity index (χ0n) is 15.9. The molecule has 0 unspecified atom stereocenters. The Morgan fingerprint density at radius 1 is 1.31 bits per heavy atom. The minimum absolute atomic E-state index is 0.223. The summed E-state index contributed by atoms with van der Waals surface area (Å²) in [4.78, 5) is 0.842. The lowest BCUT2D eigenvalue weighted by Crippen LogP contribution is -2.45. The molecule has 0 aromatic heterocycles. The van der Waals surface area contributed by atoms with Crippen molar-refractivity contribution in [3.8, 4) is 5.75 Å². The average Bonchev–Trinajstić information content (AvgIpc) is 2.61. The maximum atomic E-state index is 7.89. The van der Waals surface area contributed by atoms with Gasteiger partial charge in [0.15, 0.2) is 0 Å². The van der Waals surface area contributed by atoms with Crippen LogP contribution in [0.4, 0.5) is 0 Å². The third kappa shape index (κ3) is 5.16. The maximum absolute atomic E-state index is 7.89. The molecule has 1 fully saturated rings. The number of hydrogen-bond donors (Lipinski definition) is 2. The lowest BCUT2D eigenvalue weighted by atomic mass is 9.85. The highest BCUT2D eigenvalue weighted by atomic mass is 35.5. The van der Waals surface area contributed by atoms with Crippen LogP contribution in [0.1, 0.15) is 32.3 Å². The minimum Gasteiger partial charge on any atom is -0.496 e. The number of rotatable bonds is 7. The molecular formula is C19H28ClN3O2S. The molecule has 0 aliphatic carbocycles. The Morgan fingerprint density at radius 3 is 2.46 bits per heavy atom. The first-order chi connectivity index (χ1) is 12.3. The van der Waals surface area contributed by atoms with Crippen molar-refractivity contribution >= 4 is 29.3 Å². The van der Waals surface area contributed by atoms with Crippen molar-refractivity contribution in [3.63, 3.8) is 0 Å². The van der Waals surface area contributed by atoms with Crippen LogP contribution in [0.5, 0.6) is 5.75 Å². The number of hydrogen-bond acceptors (Lipinski definition) is 6. The second kappa shape index (κ2) is 9.13. The van der Waals surface area contributed by atoms with Crippen LogP contribution in [0.15, 0.2) is 28.8 Å². The Hall–Kier alpha value is -1.21. The highest BCUT2D eigenvalue weighted by molar-refractivity contribution is 8.01. The molecule has 0 amide bonds. The molecule has 0 saturated carbocycles. The van der Waals surface area contributed by atoms with E-state index in [9.17, 15) is 0 Å². The molecule has 144 valence electrons. The Morgan fingerprint density at radius 2 is 1.96 bits per heavy atom. The molecule has 1 aromatic rings. The third-order valence-electron chi connectivity index (χ3n) is 4.75. The zero-order valence-corrected chi connectivity index (χ0v) is 17.5. The van der Waals surface area contributed by atoms with Gasteiger partial charge in [0.2, 0.25) is 0 Å². The molecule has 2 rings (SSSR count). The molecule has 0 spiro atoms. The van der Waals surface area contributed by atoms with E-state index < -0.39 is 0 Å². The molecule has 0 radical (unpaired) electrons. The van der Waals surface area contributed by atoms with E-state index in [2.05, 4.69) is 4.31 Å². The number of piperidine rings is 1. The Bertz CT molecular complexity index is 681. The van der Waals surface area contributed by atoms with Gasteiger partial charge in [-0.05, 0) is 56.3 Å². The Labute approximate surface area is 165 Å². The predicted molar refractivity (Wildman–Crippen MR) is 110 cm³/mol. The molecule has 1 aliphatic heterocycles. The van der Waals surface area contributed by atoms with E-state index in [1.54, 1.807) is 33.1 Å². The van der Waals surface area contributed by atoms with Gasteiger partial charge in [-0.1, -0.05) is 17.7 Å². The molecule has 1 aliphatic rings. The summed E-state index contributed by atoms with van der Waals surface area (Å²) in [6, 6.07) is 5.75. The van der Waals surface area contributed by atoms with Gasteiger partial charge in [-0.25, -0.2) is 4.31 Å². The molecule has 3 N–H and O–H groups in total. The van der Waals surface area contributed by atoms with Crippen LogP contribution in [0.3, 0.4) is 0 Å². The van der Waals surface area contributed by atoms with Crippen molar-refractivity contribution in [2.45, 2.75) is 38.7 Å². The molecule has 5 nitrogen and oxygen atoms in total. The van der Waals surface area contributed by atoms with E-state index in [1.807, 2.05) is 25.1 Å². The van der Waals surface area contributed by atoms with Crippen LogP contribution < -0.4 is 10.5 Å². The normalized spacial score (nSPS) is 18.3. The van der Waals surface area contributed by atoms with Crippen LogP contribution in [0.2, 0.25) is 5.02 Å². The summed E-state index contributed by atoms with van der Waals surface area (Å²) in [5, 5.41) is 8.56. The Kier molecular flexibility index (Phi) is 7.41. The van der Waals surface area contributed by atoms with Crippen LogP contribution in [-0.2, 0) is 11.2 Å². The summed E-state index contributed by atoms with van der Waals surface area (Å²) < 4.78 is 13.7. The zero-order chi connectivity index (χ0) is 19.3. The molecule has 26 heavy (non-hydrogen) atoms. The first-order valence-electron chi connectivity index (χ1n) is 8.62. The number of benzene rings is 1. The lowest BCUT2D eigenvalue weighted by molar-refractivity contribution is -0.0439. The third-order valence-corrected chi connectivity index (χ3v) is 6.42. The molecule has 0 bridgehead atoms. The molecule has 1 heterocycles. The number of nitrogens with zero attached hydrogens (tertiary/aromatic N) is 1. The van der Waals surface area contributed by atoms with Crippen LogP contribution in [-0.4, -0.2) is 42.9 Å². The summed E-state index contributed by atoms with van der Waals surface area (Å²) in [5.74, 6) is 0.800. The molecular weight excluding hydrogens is 370 g/mol. The van der Waals surface area contributed by atoms with E-state index in [-0.39, 0.29) is 5.60 Å². The SMILES string of the molecule is COc1cc(Cl)ccc1CC1(OC)CCN(SC(C(C)=N)=C(C)N)CC1. The molecule has 7 heteroatoms. The summed E-state index contributed by atoms with van der Waals surface area (Å²) in [6.45, 7) is 5.36. The lowest BCUT2D eigenvalue weighted by Gasteiger charge is -2.41. The summed E-state index contributed by atoms with van der Waals surface area (Å²) >= 11 is 7.65. The molecule has 1 aromatic carbocycles. The fourth-order valence-electron chi connectivity index (χ4n) is 3.21. The van der Waals surface area contributed by atoms with Crippen molar-refractivity contribution in [2.75, 3.05) is 27.3 Å². The smallest absolute Gasteiger partial charge is 0.123 e. The van der Waals surface area contributed by atoms with Gasteiger partial charge in [0.05, 0.1) is 17.6 Å². The first kappa shape index (κ1) is 21.1. The van der Waals surface area contributed by atoms with Gasteiger partial charge in [-0.15, -0.1) is 0 Å². The second-order valence-corrected chi connectivity index (χ2v) is 8.22. The quantitative estimate of drug-likeness (QED) is 0.531. The van der Waals surface area contributed by atoms with Crippen molar-refractivity contribution in [1.82, 2.24) is 4.31 Å². The van der Waals surface area contributed by atoms with Crippen molar-refractivity contribution < 1.29 is 9.47 Å². The van der Waals surface area contributed by atoms with Gasteiger partial charge in [0.25, 0.3) is 0 Å². The van der Waals surface area contributed by atoms with E-state index in [4.69, 9.17) is 32.2 Å². The number of methoxy groups -OCH3 is 2. The highest BCUT2D eigenvalue weighted by Crippen LogP contribution is 2.37. The van der Waals surface area contributed by atoms with Crippen LogP contribution in [0, 0.1) is 5.41 Å².